The predicted octanol–water partition coefficient (Wildman–Crippen LogP) is 6.79. The SMILES string of the molecule is CCc1ccc(Oc2c(C(F)(F)F)oc3cc(OC(=O)C=Cc4ccc(OC)cc4)ccc3c2=O)cc1. The minimum atomic E-state index is -5.01. The van der Waals surface area contributed by atoms with Gasteiger partial charge >= 0.3 is 12.1 Å². The summed E-state index contributed by atoms with van der Waals surface area (Å²) >= 11 is 0. The summed E-state index contributed by atoms with van der Waals surface area (Å²) in [6, 6.07) is 16.8. The number of ether oxygens (including phenoxy) is 3. The molecule has 3 aromatic carbocycles. The molecular formula is C28H21F3O6. The van der Waals surface area contributed by atoms with E-state index in [2.05, 4.69) is 0 Å². The molecule has 0 bridgehead atoms. The lowest BCUT2D eigenvalue weighted by atomic mass is 10.1. The number of rotatable bonds is 7. The van der Waals surface area contributed by atoms with Gasteiger partial charge in [0.2, 0.25) is 11.2 Å². The molecule has 0 fully saturated rings. The molecule has 37 heavy (non-hydrogen) atoms. The van der Waals surface area contributed by atoms with Gasteiger partial charge in [0, 0.05) is 12.1 Å². The molecule has 0 saturated heterocycles. The van der Waals surface area contributed by atoms with E-state index >= 15 is 0 Å². The number of alkyl halides is 3. The molecule has 0 spiro atoms. The van der Waals surface area contributed by atoms with Crippen LogP contribution in [0.1, 0.15) is 23.8 Å². The second-order valence-electron chi connectivity index (χ2n) is 7.87. The first-order valence-electron chi connectivity index (χ1n) is 11.2. The van der Waals surface area contributed by atoms with Gasteiger partial charge < -0.3 is 18.6 Å². The highest BCUT2D eigenvalue weighted by Gasteiger charge is 2.40. The van der Waals surface area contributed by atoms with Gasteiger partial charge in [-0.25, -0.2) is 4.79 Å². The van der Waals surface area contributed by atoms with Crippen LogP contribution in [0.2, 0.25) is 0 Å². The van der Waals surface area contributed by atoms with Gasteiger partial charge in [-0.2, -0.15) is 13.2 Å². The smallest absolute Gasteiger partial charge is 0.453 e. The number of hydrogen-bond donors (Lipinski definition) is 0. The molecular weight excluding hydrogens is 489 g/mol. The van der Waals surface area contributed by atoms with E-state index in [0.29, 0.717) is 11.3 Å². The van der Waals surface area contributed by atoms with Crippen LogP contribution in [0.25, 0.3) is 17.0 Å². The molecule has 0 atom stereocenters. The Bertz CT molecular complexity index is 1500. The Labute approximate surface area is 209 Å². The summed E-state index contributed by atoms with van der Waals surface area (Å²) in [5.74, 6) is -2.73. The van der Waals surface area contributed by atoms with Crippen molar-refractivity contribution in [2.75, 3.05) is 7.11 Å². The van der Waals surface area contributed by atoms with Crippen LogP contribution in [-0.2, 0) is 17.4 Å². The van der Waals surface area contributed by atoms with Crippen LogP contribution in [0, 0.1) is 0 Å². The van der Waals surface area contributed by atoms with Gasteiger partial charge in [-0.15, -0.1) is 0 Å². The van der Waals surface area contributed by atoms with Gasteiger partial charge in [-0.05, 0) is 60.0 Å². The zero-order chi connectivity index (χ0) is 26.6. The highest BCUT2D eigenvalue weighted by atomic mass is 19.4. The minimum absolute atomic E-state index is 0.0588. The van der Waals surface area contributed by atoms with E-state index in [0.717, 1.165) is 24.1 Å². The first-order valence-corrected chi connectivity index (χ1v) is 11.2. The molecule has 4 aromatic rings. The van der Waals surface area contributed by atoms with Crippen LogP contribution in [0.15, 0.2) is 82.0 Å². The van der Waals surface area contributed by atoms with Crippen molar-refractivity contribution in [2.24, 2.45) is 0 Å². The average molecular weight is 510 g/mol. The highest BCUT2D eigenvalue weighted by molar-refractivity contribution is 5.89. The summed E-state index contributed by atoms with van der Waals surface area (Å²) in [7, 11) is 1.53. The first-order chi connectivity index (χ1) is 17.7. The zero-order valence-electron chi connectivity index (χ0n) is 19.8. The van der Waals surface area contributed by atoms with Crippen LogP contribution in [0.5, 0.6) is 23.0 Å². The van der Waals surface area contributed by atoms with Gasteiger partial charge in [-0.1, -0.05) is 31.2 Å². The van der Waals surface area contributed by atoms with E-state index in [1.54, 1.807) is 36.4 Å². The van der Waals surface area contributed by atoms with E-state index in [4.69, 9.17) is 18.6 Å². The monoisotopic (exact) mass is 510 g/mol. The number of hydrogen-bond acceptors (Lipinski definition) is 6. The summed E-state index contributed by atoms with van der Waals surface area (Å²) in [6.07, 6.45) is -1.62. The molecule has 0 radical (unpaired) electrons. The quantitative estimate of drug-likeness (QED) is 0.155. The maximum atomic E-state index is 13.8. The van der Waals surface area contributed by atoms with Gasteiger partial charge in [-0.3, -0.25) is 4.79 Å². The molecule has 4 rings (SSSR count). The van der Waals surface area contributed by atoms with Crippen LogP contribution >= 0.6 is 0 Å². The fraction of sp³-hybridized carbons (Fsp3) is 0.143. The lowest BCUT2D eigenvalue weighted by molar-refractivity contribution is -0.154. The standard InChI is InChI=1S/C28H21F3O6/c1-3-17-4-11-20(12-5-17)36-26-25(33)22-14-13-21(16-23(22)37-27(26)28(29,30)31)35-24(32)15-8-18-6-9-19(34-2)10-7-18/h4-16H,3H2,1-2H3. The third-order valence-corrected chi connectivity index (χ3v) is 5.38. The van der Waals surface area contributed by atoms with E-state index in [9.17, 15) is 22.8 Å². The highest BCUT2D eigenvalue weighted by Crippen LogP contribution is 2.38. The largest absolute Gasteiger partial charge is 0.497 e. The molecule has 6 nitrogen and oxygen atoms in total. The van der Waals surface area contributed by atoms with Crippen LogP contribution in [-0.4, -0.2) is 13.1 Å². The van der Waals surface area contributed by atoms with E-state index in [1.165, 1.54) is 37.5 Å². The van der Waals surface area contributed by atoms with Gasteiger partial charge in [0.1, 0.15) is 22.8 Å². The Morgan fingerprint density at radius 1 is 0.946 bits per heavy atom. The number of esters is 1. The molecule has 0 N–H and O–H groups in total. The van der Waals surface area contributed by atoms with Crippen LogP contribution in [0.4, 0.5) is 13.2 Å². The van der Waals surface area contributed by atoms with Crippen molar-refractivity contribution in [3.05, 3.63) is 99.9 Å². The molecule has 0 unspecified atom stereocenters. The summed E-state index contributed by atoms with van der Waals surface area (Å²) in [4.78, 5) is 25.2. The Kier molecular flexibility index (Phi) is 7.33. The molecule has 1 aromatic heterocycles. The number of aryl methyl sites for hydroxylation is 1. The van der Waals surface area contributed by atoms with Crippen LogP contribution < -0.4 is 19.6 Å². The van der Waals surface area contributed by atoms with Crippen molar-refractivity contribution in [3.8, 4) is 23.0 Å². The molecule has 1 heterocycles. The number of benzene rings is 3. The number of fused-ring (bicyclic) bond motifs is 1. The summed E-state index contributed by atoms with van der Waals surface area (Å²) in [6.45, 7) is 1.93. The second kappa shape index (κ2) is 10.6. The lowest BCUT2D eigenvalue weighted by Gasteiger charge is -2.13. The second-order valence-corrected chi connectivity index (χ2v) is 7.87. The fourth-order valence-corrected chi connectivity index (χ4v) is 3.44. The number of methoxy groups -OCH3 is 1. The maximum Gasteiger partial charge on any atom is 0.453 e. The topological polar surface area (TPSA) is 75.0 Å². The first kappa shape index (κ1) is 25.6. The Balaban J connectivity index is 1.62. The zero-order valence-corrected chi connectivity index (χ0v) is 19.8. The summed E-state index contributed by atoms with van der Waals surface area (Å²) in [5.41, 5.74) is 0.240. The van der Waals surface area contributed by atoms with Crippen LogP contribution in [0.3, 0.4) is 0 Å². The molecule has 0 aliphatic carbocycles. The fourth-order valence-electron chi connectivity index (χ4n) is 3.44. The minimum Gasteiger partial charge on any atom is -0.497 e. The third kappa shape index (κ3) is 6.00. The van der Waals surface area contributed by atoms with Crippen molar-refractivity contribution < 1.29 is 36.6 Å². The lowest BCUT2D eigenvalue weighted by Crippen LogP contribution is -2.15. The molecule has 0 aliphatic rings. The molecule has 9 heteroatoms. The van der Waals surface area contributed by atoms with E-state index < -0.39 is 34.7 Å². The molecule has 0 aliphatic heterocycles. The molecule has 0 saturated carbocycles. The van der Waals surface area contributed by atoms with Crippen molar-refractivity contribution in [1.82, 2.24) is 0 Å². The third-order valence-electron chi connectivity index (χ3n) is 5.38. The van der Waals surface area contributed by atoms with Crippen molar-refractivity contribution >= 4 is 23.0 Å². The summed E-state index contributed by atoms with van der Waals surface area (Å²) < 4.78 is 62.0. The van der Waals surface area contributed by atoms with Crippen molar-refractivity contribution in [1.29, 1.82) is 0 Å². The normalized spacial score (nSPS) is 11.6. The number of carbonyl (C=O) groups excluding carboxylic acids is 1. The van der Waals surface area contributed by atoms with Crippen molar-refractivity contribution in [3.63, 3.8) is 0 Å². The Morgan fingerprint density at radius 3 is 2.22 bits per heavy atom. The maximum absolute atomic E-state index is 13.8. The van der Waals surface area contributed by atoms with Crippen molar-refractivity contribution in [2.45, 2.75) is 19.5 Å². The number of carbonyl (C=O) groups is 1. The van der Waals surface area contributed by atoms with E-state index in [-0.39, 0.29) is 16.9 Å². The molecule has 190 valence electrons. The van der Waals surface area contributed by atoms with Gasteiger partial charge in [0.05, 0.1) is 12.5 Å². The Morgan fingerprint density at radius 2 is 1.59 bits per heavy atom. The Hall–Kier alpha value is -4.53. The predicted molar refractivity (Wildman–Crippen MR) is 131 cm³/mol. The average Bonchev–Trinajstić information content (AvgIpc) is 2.89. The van der Waals surface area contributed by atoms with E-state index in [1.807, 2.05) is 6.92 Å². The van der Waals surface area contributed by atoms with Gasteiger partial charge in [0.25, 0.3) is 5.76 Å². The number of halogens is 3. The molecule has 0 amide bonds. The van der Waals surface area contributed by atoms with Gasteiger partial charge in [0.15, 0.2) is 0 Å². The summed E-state index contributed by atoms with van der Waals surface area (Å²) in [5, 5.41) is -0.165.